The number of nitrogens with one attached hydrogen (secondary N) is 2. The standard InChI is InChI=1S/C17H13F4N3O3/c18-11-5-3-9(4-6-11)13-12(14(25)10-2-1-7-22-8-10)16(27,17(19,20)21)24-15(26)23-13/h1-8,12-13,27H,(H2,23,24,26)/t12-,13-,16-/m1/s1. The maximum atomic E-state index is 13.7. The number of carbonyl (C=O) groups excluding carboxylic acids is 2. The SMILES string of the molecule is O=C1N[C@H](c2ccc(F)cc2)[C@H](C(=O)c2cccnc2)[C@@](O)(C(F)(F)F)N1. The molecule has 0 aliphatic carbocycles. The van der Waals surface area contributed by atoms with Gasteiger partial charge in [0, 0.05) is 18.0 Å². The molecule has 0 unspecified atom stereocenters. The summed E-state index contributed by atoms with van der Waals surface area (Å²) in [4.78, 5) is 28.3. The number of benzene rings is 1. The van der Waals surface area contributed by atoms with E-state index in [0.29, 0.717) is 0 Å². The topological polar surface area (TPSA) is 91.3 Å². The van der Waals surface area contributed by atoms with Crippen LogP contribution in [0.1, 0.15) is 22.0 Å². The van der Waals surface area contributed by atoms with E-state index in [4.69, 9.17) is 0 Å². The summed E-state index contributed by atoms with van der Waals surface area (Å²) in [6, 6.07) is 3.92. The smallest absolute Gasteiger partial charge is 0.363 e. The monoisotopic (exact) mass is 383 g/mol. The van der Waals surface area contributed by atoms with Gasteiger partial charge in [-0.15, -0.1) is 0 Å². The van der Waals surface area contributed by atoms with Crippen molar-refractivity contribution in [1.29, 1.82) is 0 Å². The van der Waals surface area contributed by atoms with Crippen LogP contribution in [-0.2, 0) is 0 Å². The number of urea groups is 1. The van der Waals surface area contributed by atoms with Gasteiger partial charge in [-0.3, -0.25) is 9.78 Å². The number of aromatic nitrogens is 1. The highest BCUT2D eigenvalue weighted by molar-refractivity contribution is 6.00. The second kappa shape index (κ2) is 6.62. The number of hydrogen-bond acceptors (Lipinski definition) is 4. The molecule has 27 heavy (non-hydrogen) atoms. The van der Waals surface area contributed by atoms with Crippen LogP contribution in [0.5, 0.6) is 0 Å². The Morgan fingerprint density at radius 2 is 1.85 bits per heavy atom. The van der Waals surface area contributed by atoms with Gasteiger partial charge in [0.1, 0.15) is 11.7 Å². The Bertz CT molecular complexity index is 858. The predicted molar refractivity (Wildman–Crippen MR) is 83.9 cm³/mol. The highest BCUT2D eigenvalue weighted by atomic mass is 19.4. The van der Waals surface area contributed by atoms with Gasteiger partial charge < -0.3 is 15.7 Å². The third kappa shape index (κ3) is 3.35. The fourth-order valence-electron chi connectivity index (χ4n) is 2.97. The maximum absolute atomic E-state index is 13.7. The van der Waals surface area contributed by atoms with Crippen LogP contribution in [0.25, 0.3) is 0 Å². The molecule has 0 radical (unpaired) electrons. The van der Waals surface area contributed by atoms with Crippen molar-refractivity contribution in [2.45, 2.75) is 17.9 Å². The zero-order chi connectivity index (χ0) is 19.8. The largest absolute Gasteiger partial charge is 0.437 e. The first-order chi connectivity index (χ1) is 12.6. The van der Waals surface area contributed by atoms with Gasteiger partial charge in [-0.2, -0.15) is 13.2 Å². The first-order valence-corrected chi connectivity index (χ1v) is 7.71. The Morgan fingerprint density at radius 1 is 1.19 bits per heavy atom. The number of alkyl halides is 3. The second-order valence-corrected chi connectivity index (χ2v) is 5.98. The molecule has 1 fully saturated rings. The van der Waals surface area contributed by atoms with Crippen molar-refractivity contribution in [3.8, 4) is 0 Å². The number of amides is 2. The average Bonchev–Trinajstić information content (AvgIpc) is 2.61. The second-order valence-electron chi connectivity index (χ2n) is 5.98. The Kier molecular flexibility index (Phi) is 4.60. The average molecular weight is 383 g/mol. The number of ketones is 1. The lowest BCUT2D eigenvalue weighted by atomic mass is 9.77. The van der Waals surface area contributed by atoms with Gasteiger partial charge in [-0.1, -0.05) is 12.1 Å². The van der Waals surface area contributed by atoms with E-state index in [1.165, 1.54) is 23.6 Å². The van der Waals surface area contributed by atoms with E-state index in [1.54, 1.807) is 0 Å². The molecule has 1 aliphatic rings. The summed E-state index contributed by atoms with van der Waals surface area (Å²) in [7, 11) is 0. The Morgan fingerprint density at radius 3 is 2.41 bits per heavy atom. The van der Waals surface area contributed by atoms with Crippen molar-refractivity contribution in [2.75, 3.05) is 0 Å². The number of nitrogens with zero attached hydrogens (tertiary/aromatic N) is 1. The molecule has 142 valence electrons. The number of carbonyl (C=O) groups is 2. The molecule has 2 heterocycles. The lowest BCUT2D eigenvalue weighted by molar-refractivity contribution is -0.287. The van der Waals surface area contributed by atoms with Crippen molar-refractivity contribution in [3.05, 3.63) is 65.7 Å². The molecule has 3 atom stereocenters. The minimum atomic E-state index is -5.36. The lowest BCUT2D eigenvalue weighted by Gasteiger charge is -2.45. The summed E-state index contributed by atoms with van der Waals surface area (Å²) in [5.41, 5.74) is -3.99. The zero-order valence-corrected chi connectivity index (χ0v) is 13.5. The molecule has 3 rings (SSSR count). The van der Waals surface area contributed by atoms with E-state index >= 15 is 0 Å². The molecule has 1 saturated heterocycles. The third-order valence-corrected chi connectivity index (χ3v) is 4.26. The summed E-state index contributed by atoms with van der Waals surface area (Å²) in [5, 5.41) is 14.0. The van der Waals surface area contributed by atoms with Crippen LogP contribution in [0.2, 0.25) is 0 Å². The highest BCUT2D eigenvalue weighted by Gasteiger charge is 2.66. The lowest BCUT2D eigenvalue weighted by Crippen LogP contribution is -2.72. The molecule has 0 spiro atoms. The fourth-order valence-corrected chi connectivity index (χ4v) is 2.97. The number of aliphatic hydroxyl groups is 1. The van der Waals surface area contributed by atoms with E-state index in [2.05, 4.69) is 10.3 Å². The number of pyridine rings is 1. The quantitative estimate of drug-likeness (QED) is 0.561. The number of rotatable bonds is 3. The van der Waals surface area contributed by atoms with Crippen LogP contribution in [0.3, 0.4) is 0 Å². The summed E-state index contributed by atoms with van der Waals surface area (Å²) >= 11 is 0. The fraction of sp³-hybridized carbons (Fsp3) is 0.235. The molecule has 1 aromatic heterocycles. The zero-order valence-electron chi connectivity index (χ0n) is 13.5. The van der Waals surface area contributed by atoms with Crippen LogP contribution >= 0.6 is 0 Å². The molecule has 0 bridgehead atoms. The van der Waals surface area contributed by atoms with Crippen molar-refractivity contribution in [1.82, 2.24) is 15.6 Å². The van der Waals surface area contributed by atoms with E-state index in [-0.39, 0.29) is 11.1 Å². The van der Waals surface area contributed by atoms with Gasteiger partial charge in [-0.05, 0) is 29.8 Å². The minimum Gasteiger partial charge on any atom is -0.363 e. The molecule has 0 saturated carbocycles. The number of halogens is 4. The Hall–Kier alpha value is -3.01. The first kappa shape index (κ1) is 18.8. The first-order valence-electron chi connectivity index (χ1n) is 7.71. The van der Waals surface area contributed by atoms with Crippen molar-refractivity contribution in [3.63, 3.8) is 0 Å². The van der Waals surface area contributed by atoms with Gasteiger partial charge in [0.05, 0.1) is 6.04 Å². The molecule has 2 aromatic rings. The van der Waals surface area contributed by atoms with Gasteiger partial charge in [0.2, 0.25) is 5.72 Å². The highest BCUT2D eigenvalue weighted by Crippen LogP contribution is 2.43. The van der Waals surface area contributed by atoms with Crippen molar-refractivity contribution < 1.29 is 32.3 Å². The summed E-state index contributed by atoms with van der Waals surface area (Å²) in [6.45, 7) is 0. The van der Waals surface area contributed by atoms with Crippen molar-refractivity contribution in [2.24, 2.45) is 5.92 Å². The summed E-state index contributed by atoms with van der Waals surface area (Å²) < 4.78 is 54.2. The van der Waals surface area contributed by atoms with Gasteiger partial charge >= 0.3 is 12.2 Å². The molecule has 2 amide bonds. The van der Waals surface area contributed by atoms with E-state index < -0.39 is 41.5 Å². The van der Waals surface area contributed by atoms with Crippen LogP contribution in [0.4, 0.5) is 22.4 Å². The molecular weight excluding hydrogens is 370 g/mol. The number of Topliss-reactive ketones (excluding diaryl/α,β-unsaturated/α-hetero) is 1. The normalized spacial score (nSPS) is 25.4. The van der Waals surface area contributed by atoms with Gasteiger partial charge in [0.15, 0.2) is 5.78 Å². The van der Waals surface area contributed by atoms with Crippen LogP contribution in [0.15, 0.2) is 48.8 Å². The molecule has 1 aliphatic heterocycles. The summed E-state index contributed by atoms with van der Waals surface area (Å²) in [5.74, 6) is -3.92. The Labute approximate surface area is 150 Å². The molecule has 1 aromatic carbocycles. The predicted octanol–water partition coefficient (Wildman–Crippen LogP) is 2.32. The van der Waals surface area contributed by atoms with Crippen LogP contribution in [-0.4, -0.2) is 33.8 Å². The van der Waals surface area contributed by atoms with Gasteiger partial charge in [-0.25, -0.2) is 9.18 Å². The van der Waals surface area contributed by atoms with E-state index in [1.807, 2.05) is 0 Å². The Balaban J connectivity index is 2.15. The molecular formula is C17H13F4N3O3. The third-order valence-electron chi connectivity index (χ3n) is 4.26. The van der Waals surface area contributed by atoms with E-state index in [9.17, 15) is 32.3 Å². The summed E-state index contributed by atoms with van der Waals surface area (Å²) in [6.07, 6.45) is -2.98. The van der Waals surface area contributed by atoms with Crippen molar-refractivity contribution >= 4 is 11.8 Å². The minimum absolute atomic E-state index is 0.0242. The van der Waals surface area contributed by atoms with E-state index in [0.717, 1.165) is 30.5 Å². The number of hydrogen-bond donors (Lipinski definition) is 3. The maximum Gasteiger partial charge on any atom is 0.437 e. The molecule has 6 nitrogen and oxygen atoms in total. The van der Waals surface area contributed by atoms with Gasteiger partial charge in [0.25, 0.3) is 0 Å². The molecule has 10 heteroatoms. The van der Waals surface area contributed by atoms with Crippen LogP contribution in [0, 0.1) is 11.7 Å². The van der Waals surface area contributed by atoms with Crippen LogP contribution < -0.4 is 10.6 Å². The molecule has 3 N–H and O–H groups in total.